The number of nitrogens with zero attached hydrogens (tertiary/aromatic N) is 1. The van der Waals surface area contributed by atoms with E-state index >= 15 is 0 Å². The van der Waals surface area contributed by atoms with Crippen LogP contribution in [0.25, 0.3) is 16.8 Å². The Morgan fingerprint density at radius 2 is 1.54 bits per heavy atom. The highest BCUT2D eigenvalue weighted by Gasteiger charge is 2.11. The molecule has 3 aromatic rings. The summed E-state index contributed by atoms with van der Waals surface area (Å²) in [7, 11) is 0. The number of nitrogens with two attached hydrogens (primary N) is 1. The van der Waals surface area contributed by atoms with Gasteiger partial charge in [-0.1, -0.05) is 18.2 Å². The Morgan fingerprint density at radius 3 is 2.08 bits per heavy atom. The fourth-order valence-electron chi connectivity index (χ4n) is 2.91. The molecule has 0 fully saturated rings. The fourth-order valence-corrected chi connectivity index (χ4v) is 2.91. The fraction of sp³-hybridized carbons (Fsp3) is 0.105. The van der Waals surface area contributed by atoms with Crippen molar-refractivity contribution >= 4 is 11.7 Å². The molecular formula is C19H19N3O2. The number of carbonyl (C=O) groups is 1. The van der Waals surface area contributed by atoms with Gasteiger partial charge in [-0.25, -0.2) is 4.79 Å². The molecule has 2 aromatic carbocycles. The van der Waals surface area contributed by atoms with E-state index in [0.29, 0.717) is 5.69 Å². The Balaban J connectivity index is 2.00. The highest BCUT2D eigenvalue weighted by atomic mass is 16.4. The lowest BCUT2D eigenvalue weighted by atomic mass is 10.0. The second-order valence-electron chi connectivity index (χ2n) is 5.71. The van der Waals surface area contributed by atoms with Gasteiger partial charge in [0, 0.05) is 17.1 Å². The first-order chi connectivity index (χ1) is 11.5. The molecule has 0 saturated carbocycles. The van der Waals surface area contributed by atoms with E-state index in [9.17, 15) is 9.90 Å². The van der Waals surface area contributed by atoms with Crippen molar-refractivity contribution in [3.63, 3.8) is 0 Å². The zero-order valence-electron chi connectivity index (χ0n) is 13.6. The summed E-state index contributed by atoms with van der Waals surface area (Å²) < 4.78 is 2.17. The van der Waals surface area contributed by atoms with Crippen molar-refractivity contribution in [2.45, 2.75) is 13.8 Å². The molecular weight excluding hydrogens is 302 g/mol. The minimum atomic E-state index is -1.01. The Morgan fingerprint density at radius 1 is 0.958 bits per heavy atom. The van der Waals surface area contributed by atoms with E-state index in [0.717, 1.165) is 16.8 Å². The van der Waals surface area contributed by atoms with Gasteiger partial charge in [0.25, 0.3) is 0 Å². The lowest BCUT2D eigenvalue weighted by Gasteiger charge is -2.11. The summed E-state index contributed by atoms with van der Waals surface area (Å²) in [5, 5.41) is 9.30. The molecule has 0 aliphatic heterocycles. The van der Waals surface area contributed by atoms with Gasteiger partial charge in [-0.2, -0.15) is 0 Å². The zero-order valence-corrected chi connectivity index (χ0v) is 13.6. The predicted molar refractivity (Wildman–Crippen MR) is 95.4 cm³/mol. The number of carboxylic acid groups (broad SMARTS) is 1. The number of hydrazine groups is 1. The summed E-state index contributed by atoms with van der Waals surface area (Å²) in [4.78, 5) is 11.3. The van der Waals surface area contributed by atoms with Crippen molar-refractivity contribution < 1.29 is 9.90 Å². The summed E-state index contributed by atoms with van der Waals surface area (Å²) in [5.74, 6) is 4.35. The number of benzene rings is 2. The molecule has 0 amide bonds. The number of rotatable bonds is 4. The molecule has 0 aliphatic rings. The number of hydrogen-bond donors (Lipinski definition) is 3. The maximum atomic E-state index is 11.3. The average Bonchev–Trinajstić information content (AvgIpc) is 2.93. The highest BCUT2D eigenvalue weighted by molar-refractivity contribution is 5.95. The third-order valence-corrected chi connectivity index (χ3v) is 4.14. The summed E-state index contributed by atoms with van der Waals surface area (Å²) in [5.41, 5.74) is 8.16. The number of carboxylic acids is 1. The largest absolute Gasteiger partial charge is 0.478 e. The van der Waals surface area contributed by atoms with E-state index in [1.807, 2.05) is 30.3 Å². The number of aryl methyl sites for hydroxylation is 2. The van der Waals surface area contributed by atoms with Gasteiger partial charge in [-0.15, -0.1) is 0 Å². The minimum absolute atomic E-state index is 0.149. The standard InChI is InChI=1S/C19H19N3O2/c1-12-3-4-13(2)22(12)16-8-5-14(6-9-16)15-7-10-18(21-20)17(11-15)19(23)24/h3-11,21H,20H2,1-2H3,(H,23,24). The number of anilines is 1. The molecule has 24 heavy (non-hydrogen) atoms. The summed E-state index contributed by atoms with van der Waals surface area (Å²) in [6.07, 6.45) is 0. The molecule has 5 heteroatoms. The minimum Gasteiger partial charge on any atom is -0.478 e. The van der Waals surface area contributed by atoms with Gasteiger partial charge in [-0.3, -0.25) is 5.84 Å². The molecule has 4 N–H and O–H groups in total. The first kappa shape index (κ1) is 15.8. The van der Waals surface area contributed by atoms with Crippen molar-refractivity contribution in [3.8, 4) is 16.8 Å². The van der Waals surface area contributed by atoms with E-state index < -0.39 is 5.97 Å². The van der Waals surface area contributed by atoms with Gasteiger partial charge >= 0.3 is 5.97 Å². The lowest BCUT2D eigenvalue weighted by Crippen LogP contribution is -2.11. The normalized spacial score (nSPS) is 10.6. The molecule has 0 atom stereocenters. The van der Waals surface area contributed by atoms with Crippen molar-refractivity contribution in [3.05, 3.63) is 71.5 Å². The van der Waals surface area contributed by atoms with Crippen molar-refractivity contribution in [1.29, 1.82) is 0 Å². The summed E-state index contributed by atoms with van der Waals surface area (Å²) >= 11 is 0. The predicted octanol–water partition coefficient (Wildman–Crippen LogP) is 3.74. The van der Waals surface area contributed by atoms with Crippen LogP contribution in [-0.4, -0.2) is 15.6 Å². The highest BCUT2D eigenvalue weighted by Crippen LogP contribution is 2.26. The smallest absolute Gasteiger partial charge is 0.337 e. The Bertz CT molecular complexity index is 876. The zero-order chi connectivity index (χ0) is 17.3. The molecule has 1 aromatic heterocycles. The van der Waals surface area contributed by atoms with E-state index in [2.05, 4.69) is 36.0 Å². The van der Waals surface area contributed by atoms with Crippen LogP contribution in [0, 0.1) is 13.8 Å². The first-order valence-corrected chi connectivity index (χ1v) is 7.61. The van der Waals surface area contributed by atoms with E-state index in [4.69, 9.17) is 5.84 Å². The first-order valence-electron chi connectivity index (χ1n) is 7.61. The second-order valence-corrected chi connectivity index (χ2v) is 5.71. The molecule has 0 bridgehead atoms. The lowest BCUT2D eigenvalue weighted by molar-refractivity contribution is 0.0698. The molecule has 5 nitrogen and oxygen atoms in total. The Labute approximate surface area is 140 Å². The van der Waals surface area contributed by atoms with Crippen LogP contribution in [0.3, 0.4) is 0 Å². The Kier molecular flexibility index (Phi) is 4.10. The van der Waals surface area contributed by atoms with Crippen LogP contribution in [0.2, 0.25) is 0 Å². The maximum absolute atomic E-state index is 11.3. The van der Waals surface area contributed by atoms with Crippen molar-refractivity contribution in [2.24, 2.45) is 5.84 Å². The van der Waals surface area contributed by atoms with E-state index in [-0.39, 0.29) is 5.56 Å². The number of nitrogen functional groups attached to an aromatic ring is 1. The maximum Gasteiger partial charge on any atom is 0.337 e. The number of hydrogen-bond acceptors (Lipinski definition) is 3. The van der Waals surface area contributed by atoms with Crippen LogP contribution in [0.15, 0.2) is 54.6 Å². The molecule has 0 radical (unpaired) electrons. The van der Waals surface area contributed by atoms with Crippen LogP contribution in [-0.2, 0) is 0 Å². The van der Waals surface area contributed by atoms with Crippen LogP contribution in [0.4, 0.5) is 5.69 Å². The molecule has 1 heterocycles. The third kappa shape index (κ3) is 2.77. The van der Waals surface area contributed by atoms with Crippen LogP contribution < -0.4 is 11.3 Å². The molecule has 0 aliphatic carbocycles. The summed E-state index contributed by atoms with van der Waals surface area (Å²) in [6.45, 7) is 4.14. The van der Waals surface area contributed by atoms with Gasteiger partial charge in [0.15, 0.2) is 0 Å². The van der Waals surface area contributed by atoms with Gasteiger partial charge in [0.05, 0.1) is 11.3 Å². The molecule has 122 valence electrons. The topological polar surface area (TPSA) is 80.3 Å². The third-order valence-electron chi connectivity index (χ3n) is 4.14. The summed E-state index contributed by atoms with van der Waals surface area (Å²) in [6, 6.07) is 17.4. The van der Waals surface area contributed by atoms with Gasteiger partial charge in [0.1, 0.15) is 0 Å². The van der Waals surface area contributed by atoms with Crippen molar-refractivity contribution in [1.82, 2.24) is 4.57 Å². The van der Waals surface area contributed by atoms with Crippen LogP contribution in [0.5, 0.6) is 0 Å². The quantitative estimate of drug-likeness (QED) is 0.505. The van der Waals surface area contributed by atoms with Gasteiger partial charge < -0.3 is 15.1 Å². The molecule has 0 spiro atoms. The van der Waals surface area contributed by atoms with Gasteiger partial charge in [-0.05, 0) is 61.4 Å². The number of aromatic nitrogens is 1. The van der Waals surface area contributed by atoms with Gasteiger partial charge in [0.2, 0.25) is 0 Å². The van der Waals surface area contributed by atoms with Crippen LogP contribution in [0.1, 0.15) is 21.7 Å². The van der Waals surface area contributed by atoms with Crippen molar-refractivity contribution in [2.75, 3.05) is 5.43 Å². The number of nitrogens with one attached hydrogen (secondary N) is 1. The van der Waals surface area contributed by atoms with E-state index in [1.165, 1.54) is 11.4 Å². The average molecular weight is 321 g/mol. The SMILES string of the molecule is Cc1ccc(C)n1-c1ccc(-c2ccc(NN)c(C(=O)O)c2)cc1. The monoisotopic (exact) mass is 321 g/mol. The Hall–Kier alpha value is -3.05. The van der Waals surface area contributed by atoms with Crippen LogP contribution >= 0.6 is 0 Å². The van der Waals surface area contributed by atoms with E-state index in [1.54, 1.807) is 12.1 Å². The second kappa shape index (κ2) is 6.22. The molecule has 0 saturated heterocycles. The number of aromatic carboxylic acids is 1. The molecule has 0 unspecified atom stereocenters. The molecule has 3 rings (SSSR count).